The summed E-state index contributed by atoms with van der Waals surface area (Å²) in [5.41, 5.74) is 5.13. The van der Waals surface area contributed by atoms with Gasteiger partial charge in [0.25, 0.3) is 0 Å². The van der Waals surface area contributed by atoms with Crippen molar-refractivity contribution in [1.29, 1.82) is 0 Å². The minimum absolute atomic E-state index is 0.751. The van der Waals surface area contributed by atoms with Gasteiger partial charge in [-0.25, -0.2) is 0 Å². The molecule has 0 spiro atoms. The van der Waals surface area contributed by atoms with Crippen molar-refractivity contribution in [3.63, 3.8) is 0 Å². The first-order chi connectivity index (χ1) is 8.40. The molecule has 1 saturated carbocycles. The number of fused-ring (bicyclic) bond motifs is 2. The maximum absolute atomic E-state index is 3.56. The van der Waals surface area contributed by atoms with E-state index < -0.39 is 0 Å². The Bertz CT molecular complexity index is 315. The molecule has 2 atom stereocenters. The Kier molecular flexibility index (Phi) is 5.13. The number of unbranched alkanes of at least 4 members (excludes halogenated alkanes) is 6. The van der Waals surface area contributed by atoms with Crippen LogP contribution in [0.25, 0.3) is 0 Å². The summed E-state index contributed by atoms with van der Waals surface area (Å²) in [5, 5.41) is 0. The highest BCUT2D eigenvalue weighted by Crippen LogP contribution is 2.42. The molecule has 0 aromatic carbocycles. The largest absolute Gasteiger partial charge is 0.125 e. The Balaban J connectivity index is 1.59. The lowest BCUT2D eigenvalue weighted by atomic mass is 10.0. The van der Waals surface area contributed by atoms with Gasteiger partial charge in [-0.1, -0.05) is 51.2 Å². The molecule has 0 aromatic rings. The molecule has 0 heteroatoms. The Labute approximate surface area is 106 Å². The van der Waals surface area contributed by atoms with Crippen LogP contribution in [0.5, 0.6) is 0 Å². The van der Waals surface area contributed by atoms with Crippen LogP contribution >= 0.6 is 0 Å². The smallest absolute Gasteiger partial charge is 0.00586 e. The lowest BCUT2D eigenvalue weighted by Gasteiger charge is -2.03. The lowest BCUT2D eigenvalue weighted by Crippen LogP contribution is -1.89. The monoisotopic (exact) mass is 230 g/mol. The Hall–Kier alpha value is -0.740. The molecule has 0 amide bonds. The summed E-state index contributed by atoms with van der Waals surface area (Å²) in [5.74, 6) is 1.60. The van der Waals surface area contributed by atoms with Crippen molar-refractivity contribution in [2.75, 3.05) is 0 Å². The van der Waals surface area contributed by atoms with Crippen LogP contribution in [0.15, 0.2) is 29.5 Å². The van der Waals surface area contributed by atoms with E-state index in [1.165, 1.54) is 57.8 Å². The second-order valence-corrected chi connectivity index (χ2v) is 5.62. The highest BCUT2D eigenvalue weighted by atomic mass is 14.3. The lowest BCUT2D eigenvalue weighted by molar-refractivity contribution is 0.611. The third-order valence-corrected chi connectivity index (χ3v) is 4.09. The fourth-order valence-corrected chi connectivity index (χ4v) is 3.01. The maximum Gasteiger partial charge on any atom is 0.00586 e. The summed E-state index contributed by atoms with van der Waals surface area (Å²) in [4.78, 5) is 0. The first-order valence-corrected chi connectivity index (χ1v) is 7.52. The van der Waals surface area contributed by atoms with Gasteiger partial charge in [-0.15, -0.1) is 5.73 Å². The van der Waals surface area contributed by atoms with Crippen molar-refractivity contribution in [2.24, 2.45) is 11.8 Å². The van der Waals surface area contributed by atoms with E-state index in [-0.39, 0.29) is 0 Å². The highest BCUT2D eigenvalue weighted by molar-refractivity contribution is 5.26. The van der Waals surface area contributed by atoms with E-state index in [0.29, 0.717) is 0 Å². The van der Waals surface area contributed by atoms with Crippen LogP contribution in [0.2, 0.25) is 0 Å². The van der Waals surface area contributed by atoms with Crippen LogP contribution < -0.4 is 0 Å². The maximum atomic E-state index is 3.56. The predicted octanol–water partition coefficient (Wildman–Crippen LogP) is 5.41. The van der Waals surface area contributed by atoms with E-state index in [9.17, 15) is 0 Å². The molecule has 2 rings (SSSR count). The van der Waals surface area contributed by atoms with Gasteiger partial charge in [-0.3, -0.25) is 0 Å². The van der Waals surface area contributed by atoms with Crippen molar-refractivity contribution in [1.82, 2.24) is 0 Å². The molecule has 0 nitrogen and oxygen atoms in total. The molecule has 0 aromatic heterocycles. The third-order valence-electron chi connectivity index (χ3n) is 4.09. The topological polar surface area (TPSA) is 0 Å². The fraction of sp³-hybridized carbons (Fsp3) is 0.706. The Morgan fingerprint density at radius 1 is 1.18 bits per heavy atom. The summed E-state index contributed by atoms with van der Waals surface area (Å²) in [6.07, 6.45) is 19.3. The van der Waals surface area contributed by atoms with Crippen LogP contribution in [0.4, 0.5) is 0 Å². The average molecular weight is 230 g/mol. The Morgan fingerprint density at radius 2 is 2.00 bits per heavy atom. The van der Waals surface area contributed by atoms with Gasteiger partial charge in [0.05, 0.1) is 0 Å². The number of hydrogen-bond donors (Lipinski definition) is 0. The third kappa shape index (κ3) is 3.89. The molecule has 1 fully saturated rings. The van der Waals surface area contributed by atoms with Crippen molar-refractivity contribution in [3.05, 3.63) is 29.5 Å². The number of allylic oxidation sites excluding steroid dienone is 3. The van der Waals surface area contributed by atoms with Crippen LogP contribution in [0.3, 0.4) is 0 Å². The van der Waals surface area contributed by atoms with E-state index in [2.05, 4.69) is 30.9 Å². The Morgan fingerprint density at radius 3 is 2.71 bits per heavy atom. The van der Waals surface area contributed by atoms with Gasteiger partial charge in [0.15, 0.2) is 0 Å². The summed E-state index contributed by atoms with van der Waals surface area (Å²) >= 11 is 0. The molecule has 0 saturated heterocycles. The zero-order chi connectivity index (χ0) is 11.9. The van der Waals surface area contributed by atoms with Gasteiger partial charge in [0, 0.05) is 5.92 Å². The van der Waals surface area contributed by atoms with E-state index in [1.54, 1.807) is 5.57 Å². The first-order valence-electron chi connectivity index (χ1n) is 7.52. The average Bonchev–Trinajstić information content (AvgIpc) is 2.94. The van der Waals surface area contributed by atoms with Gasteiger partial charge in [0.2, 0.25) is 0 Å². The van der Waals surface area contributed by atoms with Crippen LogP contribution in [0, 0.1) is 11.8 Å². The molecule has 0 heterocycles. The molecule has 0 N–H and O–H groups in total. The van der Waals surface area contributed by atoms with Crippen LogP contribution in [0.1, 0.15) is 64.7 Å². The minimum atomic E-state index is 0.751. The van der Waals surface area contributed by atoms with Crippen LogP contribution in [-0.2, 0) is 0 Å². The van der Waals surface area contributed by atoms with Gasteiger partial charge in [-0.05, 0) is 43.3 Å². The first kappa shape index (κ1) is 12.7. The van der Waals surface area contributed by atoms with E-state index in [1.807, 2.05) is 0 Å². The van der Waals surface area contributed by atoms with E-state index >= 15 is 0 Å². The highest BCUT2D eigenvalue weighted by Gasteiger charge is 2.30. The molecule has 2 aliphatic carbocycles. The number of hydrogen-bond acceptors (Lipinski definition) is 0. The summed E-state index contributed by atoms with van der Waals surface area (Å²) in [6, 6.07) is 0. The van der Waals surface area contributed by atoms with Crippen LogP contribution in [-0.4, -0.2) is 0 Å². The molecule has 0 aliphatic heterocycles. The standard InChI is InChI=1S/C17H26/c1-2-3-4-5-6-7-8-9-10-16-13-15-11-12-17(16)14-15/h9,11-12,15,17H,2-8,13-14H2,1H3. The molecule has 2 unspecified atom stereocenters. The van der Waals surface area contributed by atoms with Gasteiger partial charge in [0.1, 0.15) is 0 Å². The summed E-state index contributed by atoms with van der Waals surface area (Å²) < 4.78 is 0. The molecule has 0 radical (unpaired) electrons. The zero-order valence-electron chi connectivity index (χ0n) is 11.3. The normalized spacial score (nSPS) is 25.4. The molecular weight excluding hydrogens is 204 g/mol. The molecule has 2 aliphatic rings. The summed E-state index contributed by atoms with van der Waals surface area (Å²) in [6.45, 7) is 2.28. The number of rotatable bonds is 7. The zero-order valence-corrected chi connectivity index (χ0v) is 11.3. The van der Waals surface area contributed by atoms with Crippen molar-refractivity contribution in [2.45, 2.75) is 64.7 Å². The second kappa shape index (κ2) is 6.87. The van der Waals surface area contributed by atoms with Gasteiger partial charge in [-0.2, -0.15) is 0 Å². The SMILES string of the molecule is CCCCCCCCC=C=C1CC2C=CC1C2. The summed E-state index contributed by atoms with van der Waals surface area (Å²) in [7, 11) is 0. The van der Waals surface area contributed by atoms with Crippen molar-refractivity contribution < 1.29 is 0 Å². The van der Waals surface area contributed by atoms with Crippen molar-refractivity contribution >= 4 is 0 Å². The van der Waals surface area contributed by atoms with Gasteiger partial charge >= 0.3 is 0 Å². The minimum Gasteiger partial charge on any atom is -0.125 e. The quantitative estimate of drug-likeness (QED) is 0.311. The van der Waals surface area contributed by atoms with E-state index in [0.717, 1.165) is 11.8 Å². The fourth-order valence-electron chi connectivity index (χ4n) is 3.01. The molecule has 2 bridgehead atoms. The van der Waals surface area contributed by atoms with E-state index in [4.69, 9.17) is 0 Å². The molecular formula is C17H26. The molecule has 17 heavy (non-hydrogen) atoms. The molecule has 94 valence electrons. The predicted molar refractivity (Wildman–Crippen MR) is 74.9 cm³/mol. The van der Waals surface area contributed by atoms with Crippen molar-refractivity contribution in [3.8, 4) is 0 Å². The second-order valence-electron chi connectivity index (χ2n) is 5.62. The van der Waals surface area contributed by atoms with Gasteiger partial charge < -0.3 is 0 Å².